The summed E-state index contributed by atoms with van der Waals surface area (Å²) in [4.78, 5) is 0. The van der Waals surface area contributed by atoms with Crippen LogP contribution in [0.2, 0.25) is 0 Å². The van der Waals surface area contributed by atoms with Gasteiger partial charge in [0.05, 0.1) is 6.04 Å². The van der Waals surface area contributed by atoms with E-state index in [0.717, 1.165) is 0 Å². The maximum atomic E-state index is 5.20. The average molecular weight is 93.1 g/mol. The van der Waals surface area contributed by atoms with Gasteiger partial charge in [-0.25, -0.2) is 0 Å². The van der Waals surface area contributed by atoms with Gasteiger partial charge in [0.1, 0.15) is 0 Å². The van der Waals surface area contributed by atoms with Crippen LogP contribution in [-0.2, 0) is 0 Å². The van der Waals surface area contributed by atoms with Crippen molar-refractivity contribution >= 4 is 0 Å². The molecule has 0 aromatic rings. The first-order valence-electron chi connectivity index (χ1n) is 1.96. The highest BCUT2D eigenvalue weighted by Crippen LogP contribution is 1.78. The standard InChI is InChI=1S/C6H7N/c1-3-5-6(7)4-2/h1-2,6H,5,7H2. The molecule has 0 aliphatic rings. The molecule has 1 atom stereocenters. The van der Waals surface area contributed by atoms with E-state index in [0.29, 0.717) is 6.42 Å². The number of nitrogens with two attached hydrogens (primary N) is 1. The zero-order chi connectivity index (χ0) is 5.70. The predicted octanol–water partition coefficient (Wildman–Crippen LogP) is -0.0298. The molecule has 2 N–H and O–H groups in total. The fraction of sp³-hybridized carbons (Fsp3) is 0.333. The predicted molar refractivity (Wildman–Crippen MR) is 30.3 cm³/mol. The highest BCUT2D eigenvalue weighted by molar-refractivity contribution is 5.03. The van der Waals surface area contributed by atoms with Crippen LogP contribution in [0.3, 0.4) is 0 Å². The summed E-state index contributed by atoms with van der Waals surface area (Å²) in [7, 11) is 0. The van der Waals surface area contributed by atoms with Crippen molar-refractivity contribution in [2.75, 3.05) is 0 Å². The van der Waals surface area contributed by atoms with Gasteiger partial charge in [0.25, 0.3) is 0 Å². The Hall–Kier alpha value is -0.920. The van der Waals surface area contributed by atoms with E-state index in [1.54, 1.807) is 0 Å². The van der Waals surface area contributed by atoms with Crippen LogP contribution >= 0.6 is 0 Å². The number of hydrogen-bond acceptors (Lipinski definition) is 1. The van der Waals surface area contributed by atoms with E-state index in [-0.39, 0.29) is 6.04 Å². The van der Waals surface area contributed by atoms with Crippen LogP contribution in [0, 0.1) is 24.7 Å². The van der Waals surface area contributed by atoms with E-state index in [9.17, 15) is 0 Å². The van der Waals surface area contributed by atoms with Crippen LogP contribution in [0.25, 0.3) is 0 Å². The van der Waals surface area contributed by atoms with Crippen molar-refractivity contribution in [1.29, 1.82) is 0 Å². The highest BCUT2D eigenvalue weighted by atomic mass is 14.6. The van der Waals surface area contributed by atoms with E-state index in [4.69, 9.17) is 18.6 Å². The third kappa shape index (κ3) is 2.89. The molecule has 0 spiro atoms. The monoisotopic (exact) mass is 93.1 g/mol. The van der Waals surface area contributed by atoms with Crippen molar-refractivity contribution in [3.05, 3.63) is 0 Å². The lowest BCUT2D eigenvalue weighted by molar-refractivity contribution is 0.881. The van der Waals surface area contributed by atoms with Crippen LogP contribution < -0.4 is 5.73 Å². The van der Waals surface area contributed by atoms with Crippen molar-refractivity contribution in [3.8, 4) is 24.7 Å². The number of rotatable bonds is 1. The Kier molecular flexibility index (Phi) is 2.85. The van der Waals surface area contributed by atoms with Gasteiger partial charge in [-0.1, -0.05) is 5.92 Å². The summed E-state index contributed by atoms with van der Waals surface area (Å²) in [6, 6.07) is -0.259. The third-order valence-electron chi connectivity index (χ3n) is 0.552. The smallest absolute Gasteiger partial charge is 0.0772 e. The lowest BCUT2D eigenvalue weighted by atomic mass is 10.2. The van der Waals surface area contributed by atoms with Crippen molar-refractivity contribution < 1.29 is 0 Å². The summed E-state index contributed by atoms with van der Waals surface area (Å²) >= 11 is 0. The fourth-order valence-corrected chi connectivity index (χ4v) is 0.186. The molecule has 0 rings (SSSR count). The Morgan fingerprint density at radius 2 is 2.14 bits per heavy atom. The molecule has 1 heteroatoms. The average Bonchev–Trinajstić information content (AvgIpc) is 1.68. The summed E-state index contributed by atoms with van der Waals surface area (Å²) in [5.74, 6) is 4.65. The molecule has 0 radical (unpaired) electrons. The topological polar surface area (TPSA) is 26.0 Å². The van der Waals surface area contributed by atoms with Crippen molar-refractivity contribution in [2.45, 2.75) is 12.5 Å². The van der Waals surface area contributed by atoms with Gasteiger partial charge >= 0.3 is 0 Å². The van der Waals surface area contributed by atoms with Crippen LogP contribution in [0.4, 0.5) is 0 Å². The Morgan fingerprint density at radius 3 is 2.29 bits per heavy atom. The van der Waals surface area contributed by atoms with E-state index >= 15 is 0 Å². The lowest BCUT2D eigenvalue weighted by Gasteiger charge is -1.91. The second kappa shape index (κ2) is 3.28. The molecule has 0 aromatic heterocycles. The molecule has 7 heavy (non-hydrogen) atoms. The quantitative estimate of drug-likeness (QED) is 0.453. The molecule has 0 aromatic carbocycles. The van der Waals surface area contributed by atoms with Crippen molar-refractivity contribution in [3.63, 3.8) is 0 Å². The van der Waals surface area contributed by atoms with Gasteiger partial charge in [-0.2, -0.15) is 0 Å². The minimum absolute atomic E-state index is 0.259. The van der Waals surface area contributed by atoms with Crippen LogP contribution in [0.1, 0.15) is 6.42 Å². The van der Waals surface area contributed by atoms with Gasteiger partial charge in [0.2, 0.25) is 0 Å². The van der Waals surface area contributed by atoms with E-state index < -0.39 is 0 Å². The molecule has 0 saturated heterocycles. The fourth-order valence-electron chi connectivity index (χ4n) is 0.186. The Balaban J connectivity index is 3.27. The molecule has 0 aliphatic heterocycles. The van der Waals surface area contributed by atoms with Gasteiger partial charge in [-0.15, -0.1) is 18.8 Å². The summed E-state index contributed by atoms with van der Waals surface area (Å²) < 4.78 is 0. The Labute approximate surface area is 43.9 Å². The molecule has 1 unspecified atom stereocenters. The minimum atomic E-state index is -0.259. The minimum Gasteiger partial charge on any atom is -0.317 e. The van der Waals surface area contributed by atoms with E-state index in [2.05, 4.69) is 11.8 Å². The zero-order valence-electron chi connectivity index (χ0n) is 4.02. The molecular formula is C6H7N. The first-order chi connectivity index (χ1) is 3.31. The molecule has 0 heterocycles. The van der Waals surface area contributed by atoms with Gasteiger partial charge in [-0.3, -0.25) is 0 Å². The largest absolute Gasteiger partial charge is 0.317 e. The molecular weight excluding hydrogens is 86.1 g/mol. The first-order valence-corrected chi connectivity index (χ1v) is 1.96. The summed E-state index contributed by atoms with van der Waals surface area (Å²) in [5, 5.41) is 0. The maximum absolute atomic E-state index is 5.20. The maximum Gasteiger partial charge on any atom is 0.0772 e. The molecule has 1 nitrogen and oxygen atoms in total. The zero-order valence-corrected chi connectivity index (χ0v) is 4.02. The summed E-state index contributed by atoms with van der Waals surface area (Å²) in [6.07, 6.45) is 10.2. The van der Waals surface area contributed by atoms with Crippen LogP contribution in [0.15, 0.2) is 0 Å². The second-order valence-electron chi connectivity index (χ2n) is 1.18. The second-order valence-corrected chi connectivity index (χ2v) is 1.18. The highest BCUT2D eigenvalue weighted by Gasteiger charge is 1.87. The SMILES string of the molecule is C#CCC(N)C#C. The number of terminal acetylenes is 2. The van der Waals surface area contributed by atoms with Crippen molar-refractivity contribution in [1.82, 2.24) is 0 Å². The van der Waals surface area contributed by atoms with Gasteiger partial charge in [0.15, 0.2) is 0 Å². The van der Waals surface area contributed by atoms with Crippen molar-refractivity contribution in [2.24, 2.45) is 5.73 Å². The van der Waals surface area contributed by atoms with E-state index in [1.165, 1.54) is 0 Å². The van der Waals surface area contributed by atoms with Gasteiger partial charge < -0.3 is 5.73 Å². The number of hydrogen-bond donors (Lipinski definition) is 1. The molecule has 0 aliphatic carbocycles. The third-order valence-corrected chi connectivity index (χ3v) is 0.552. The molecule has 0 saturated carbocycles. The first kappa shape index (κ1) is 6.08. The van der Waals surface area contributed by atoms with Gasteiger partial charge in [-0.05, 0) is 0 Å². The molecule has 0 bridgehead atoms. The Morgan fingerprint density at radius 1 is 1.57 bits per heavy atom. The lowest BCUT2D eigenvalue weighted by Crippen LogP contribution is -2.15. The normalized spacial score (nSPS) is 11.3. The molecule has 0 fully saturated rings. The van der Waals surface area contributed by atoms with Crippen LogP contribution in [-0.4, -0.2) is 6.04 Å². The summed E-state index contributed by atoms with van der Waals surface area (Å²) in [6.45, 7) is 0. The van der Waals surface area contributed by atoms with Crippen LogP contribution in [0.5, 0.6) is 0 Å². The molecule has 0 amide bonds. The van der Waals surface area contributed by atoms with Gasteiger partial charge in [0, 0.05) is 6.42 Å². The molecule has 36 valence electrons. The Bertz CT molecular complexity index is 113. The summed E-state index contributed by atoms with van der Waals surface area (Å²) in [5.41, 5.74) is 5.20. The van der Waals surface area contributed by atoms with E-state index in [1.807, 2.05) is 0 Å².